The molecule has 0 atom stereocenters. The van der Waals surface area contributed by atoms with Gasteiger partial charge >= 0.3 is 0 Å². The Morgan fingerprint density at radius 3 is 1.67 bits per heavy atom. The second-order valence-corrected chi connectivity index (χ2v) is 3.36. The van der Waals surface area contributed by atoms with Crippen molar-refractivity contribution in [2.24, 2.45) is 0 Å². The first-order valence-corrected chi connectivity index (χ1v) is 6.22. The molecule has 2 heteroatoms. The standard InChI is InChI=1S/C7H7N.C5H13N.C4H8/c1-3-5-7(4-2)6-8;1-4-6(3)5-2;1-3-4-2/h3-5H,1-2H2;4-5H2,1-3H3;3H,1,4H2,2H3/b7-5+;;. The van der Waals surface area contributed by atoms with E-state index in [-0.39, 0.29) is 0 Å². The molecule has 0 bridgehead atoms. The average Bonchev–Trinajstić information content (AvgIpc) is 2.44. The Morgan fingerprint density at radius 1 is 1.17 bits per heavy atom. The van der Waals surface area contributed by atoms with Gasteiger partial charge in [-0.1, -0.05) is 52.2 Å². The second-order valence-electron chi connectivity index (χ2n) is 3.36. The minimum absolute atomic E-state index is 0.542. The lowest BCUT2D eigenvalue weighted by Crippen LogP contribution is -2.15. The van der Waals surface area contributed by atoms with Crippen molar-refractivity contribution in [2.75, 3.05) is 20.1 Å². The van der Waals surface area contributed by atoms with E-state index in [2.05, 4.69) is 52.5 Å². The number of rotatable bonds is 5. The van der Waals surface area contributed by atoms with Gasteiger partial charge in [0.05, 0.1) is 11.6 Å². The molecule has 0 unspecified atom stereocenters. The van der Waals surface area contributed by atoms with E-state index in [1.807, 2.05) is 12.1 Å². The van der Waals surface area contributed by atoms with E-state index in [4.69, 9.17) is 5.26 Å². The largest absolute Gasteiger partial charge is 0.307 e. The van der Waals surface area contributed by atoms with Crippen LogP contribution >= 0.6 is 0 Å². The smallest absolute Gasteiger partial charge is 0.0991 e. The lowest BCUT2D eigenvalue weighted by molar-refractivity contribution is 0.373. The third-order valence-corrected chi connectivity index (χ3v) is 2.01. The Morgan fingerprint density at radius 2 is 1.61 bits per heavy atom. The van der Waals surface area contributed by atoms with Crippen molar-refractivity contribution in [3.05, 3.63) is 49.6 Å². The molecule has 0 amide bonds. The summed E-state index contributed by atoms with van der Waals surface area (Å²) < 4.78 is 0. The van der Waals surface area contributed by atoms with E-state index in [0.29, 0.717) is 5.57 Å². The Kier molecular flexibility index (Phi) is 25.0. The van der Waals surface area contributed by atoms with Crippen LogP contribution in [0.15, 0.2) is 49.6 Å². The van der Waals surface area contributed by atoms with Gasteiger partial charge in [-0.2, -0.15) is 5.26 Å². The maximum atomic E-state index is 8.22. The average molecular weight is 248 g/mol. The molecule has 18 heavy (non-hydrogen) atoms. The summed E-state index contributed by atoms with van der Waals surface area (Å²) in [5, 5.41) is 8.22. The molecule has 0 spiro atoms. The van der Waals surface area contributed by atoms with Gasteiger partial charge < -0.3 is 4.90 Å². The summed E-state index contributed by atoms with van der Waals surface area (Å²) in [6.45, 7) is 19.0. The van der Waals surface area contributed by atoms with Gasteiger partial charge in [0, 0.05) is 0 Å². The molecule has 0 aliphatic heterocycles. The minimum Gasteiger partial charge on any atom is -0.307 e. The summed E-state index contributed by atoms with van der Waals surface area (Å²) in [5.41, 5.74) is 0.542. The van der Waals surface area contributed by atoms with E-state index in [9.17, 15) is 0 Å². The molecular weight excluding hydrogens is 220 g/mol. The third kappa shape index (κ3) is 23.9. The quantitative estimate of drug-likeness (QED) is 0.411. The molecule has 0 fully saturated rings. The van der Waals surface area contributed by atoms with Crippen molar-refractivity contribution in [1.82, 2.24) is 4.90 Å². The number of hydrogen-bond donors (Lipinski definition) is 0. The van der Waals surface area contributed by atoms with Crippen LogP contribution in [0.4, 0.5) is 0 Å². The highest BCUT2D eigenvalue weighted by molar-refractivity contribution is 5.33. The van der Waals surface area contributed by atoms with Gasteiger partial charge in [-0.15, -0.1) is 6.58 Å². The lowest BCUT2D eigenvalue weighted by Gasteiger charge is -2.07. The molecule has 0 radical (unpaired) electrons. The van der Waals surface area contributed by atoms with Crippen LogP contribution in [0.25, 0.3) is 0 Å². The Bertz CT molecular complexity index is 265. The van der Waals surface area contributed by atoms with Gasteiger partial charge in [-0.3, -0.25) is 0 Å². The molecule has 0 saturated heterocycles. The maximum Gasteiger partial charge on any atom is 0.0991 e. The van der Waals surface area contributed by atoms with E-state index in [1.165, 1.54) is 6.08 Å². The van der Waals surface area contributed by atoms with Gasteiger partial charge in [-0.25, -0.2) is 0 Å². The van der Waals surface area contributed by atoms with Crippen LogP contribution in [0.5, 0.6) is 0 Å². The molecule has 0 saturated carbocycles. The summed E-state index contributed by atoms with van der Waals surface area (Å²) in [7, 11) is 2.11. The number of nitrogens with zero attached hydrogens (tertiary/aromatic N) is 2. The van der Waals surface area contributed by atoms with E-state index in [1.54, 1.807) is 12.2 Å². The topological polar surface area (TPSA) is 27.0 Å². The Labute approximate surface area is 114 Å². The lowest BCUT2D eigenvalue weighted by atomic mass is 10.3. The number of hydrogen-bond acceptors (Lipinski definition) is 2. The van der Waals surface area contributed by atoms with Crippen molar-refractivity contribution in [1.29, 1.82) is 5.26 Å². The van der Waals surface area contributed by atoms with Crippen LogP contribution in [0.3, 0.4) is 0 Å². The molecule has 0 heterocycles. The third-order valence-electron chi connectivity index (χ3n) is 2.01. The highest BCUT2D eigenvalue weighted by Gasteiger charge is 1.81. The first-order valence-electron chi connectivity index (χ1n) is 6.22. The van der Waals surface area contributed by atoms with Crippen molar-refractivity contribution >= 4 is 0 Å². The molecular formula is C16H28N2. The Balaban J connectivity index is -0.000000200. The van der Waals surface area contributed by atoms with Crippen molar-refractivity contribution in [3.63, 3.8) is 0 Å². The second kappa shape index (κ2) is 20.8. The SMILES string of the molecule is C=C/C=C(/C#N)C=C.C=CCC.CCN(C)CC. The molecule has 0 rings (SSSR count). The van der Waals surface area contributed by atoms with Crippen LogP contribution in [-0.4, -0.2) is 25.0 Å². The van der Waals surface area contributed by atoms with E-state index in [0.717, 1.165) is 19.5 Å². The Hall–Kier alpha value is -1.59. The molecule has 0 aromatic rings. The summed E-state index contributed by atoms with van der Waals surface area (Å²) >= 11 is 0. The van der Waals surface area contributed by atoms with Gasteiger partial charge in [0.1, 0.15) is 0 Å². The van der Waals surface area contributed by atoms with Crippen molar-refractivity contribution in [2.45, 2.75) is 27.2 Å². The van der Waals surface area contributed by atoms with Crippen LogP contribution < -0.4 is 0 Å². The van der Waals surface area contributed by atoms with Gasteiger partial charge in [-0.05, 0) is 32.6 Å². The van der Waals surface area contributed by atoms with Crippen molar-refractivity contribution < 1.29 is 0 Å². The highest BCUT2D eigenvalue weighted by Crippen LogP contribution is 1.90. The van der Waals surface area contributed by atoms with Crippen LogP contribution in [0.1, 0.15) is 27.2 Å². The summed E-state index contributed by atoms with van der Waals surface area (Å²) in [5.74, 6) is 0. The van der Waals surface area contributed by atoms with E-state index < -0.39 is 0 Å². The zero-order valence-electron chi connectivity index (χ0n) is 12.4. The minimum atomic E-state index is 0.542. The molecule has 0 aromatic heterocycles. The first-order chi connectivity index (χ1) is 8.57. The molecule has 102 valence electrons. The monoisotopic (exact) mass is 248 g/mol. The molecule has 0 N–H and O–H groups in total. The highest BCUT2D eigenvalue weighted by atomic mass is 15.1. The van der Waals surface area contributed by atoms with Crippen LogP contribution in [-0.2, 0) is 0 Å². The molecule has 0 aliphatic rings. The zero-order valence-corrected chi connectivity index (χ0v) is 12.4. The zero-order chi connectivity index (χ0) is 14.8. The number of allylic oxidation sites excluding steroid dienone is 5. The fourth-order valence-electron chi connectivity index (χ4n) is 0.502. The van der Waals surface area contributed by atoms with Gasteiger partial charge in [0.2, 0.25) is 0 Å². The van der Waals surface area contributed by atoms with Crippen LogP contribution in [0, 0.1) is 11.3 Å². The first kappa shape index (κ1) is 21.7. The fraction of sp³-hybridized carbons (Fsp3) is 0.438. The van der Waals surface area contributed by atoms with Gasteiger partial charge in [0.15, 0.2) is 0 Å². The summed E-state index contributed by atoms with van der Waals surface area (Å²) in [6, 6.07) is 1.92. The molecule has 2 nitrogen and oxygen atoms in total. The molecule has 0 aromatic carbocycles. The van der Waals surface area contributed by atoms with E-state index >= 15 is 0 Å². The van der Waals surface area contributed by atoms with Crippen molar-refractivity contribution in [3.8, 4) is 6.07 Å². The predicted molar refractivity (Wildman–Crippen MR) is 83.4 cm³/mol. The summed E-state index contributed by atoms with van der Waals surface area (Å²) in [6.07, 6.45) is 7.61. The predicted octanol–water partition coefficient (Wildman–Crippen LogP) is 4.35. The molecule has 0 aliphatic carbocycles. The fourth-order valence-corrected chi connectivity index (χ4v) is 0.502. The normalized spacial score (nSPS) is 9.00. The van der Waals surface area contributed by atoms with Gasteiger partial charge in [0.25, 0.3) is 0 Å². The number of nitriles is 1. The summed E-state index contributed by atoms with van der Waals surface area (Å²) in [4.78, 5) is 2.25. The van der Waals surface area contributed by atoms with Crippen LogP contribution in [0.2, 0.25) is 0 Å². The maximum absolute atomic E-state index is 8.22.